The summed E-state index contributed by atoms with van der Waals surface area (Å²) < 4.78 is 0. The number of hydrogen-bond donors (Lipinski definition) is 0. The molecule has 0 aromatic rings. The summed E-state index contributed by atoms with van der Waals surface area (Å²) in [5.41, 5.74) is -0.362. The van der Waals surface area contributed by atoms with Crippen molar-refractivity contribution in [2.24, 2.45) is 5.41 Å². The van der Waals surface area contributed by atoms with Crippen molar-refractivity contribution in [1.29, 1.82) is 0 Å². The summed E-state index contributed by atoms with van der Waals surface area (Å²) in [5, 5.41) is 0. The van der Waals surface area contributed by atoms with E-state index in [2.05, 4.69) is 4.90 Å². The molecule has 0 aromatic carbocycles. The van der Waals surface area contributed by atoms with Gasteiger partial charge in [-0.15, -0.1) is 0 Å². The lowest BCUT2D eigenvalue weighted by Gasteiger charge is -2.42. The molecule has 150 valence electrons. The molecule has 6 nitrogen and oxygen atoms in total. The fraction of sp³-hybridized carbons (Fsp3) is 0.857. The van der Waals surface area contributed by atoms with E-state index < -0.39 is 0 Å². The summed E-state index contributed by atoms with van der Waals surface area (Å²) >= 11 is 0. The third-order valence-corrected chi connectivity index (χ3v) is 7.24. The molecule has 3 saturated heterocycles. The van der Waals surface area contributed by atoms with Crippen LogP contribution >= 0.6 is 0 Å². The Kier molecular flexibility index (Phi) is 5.42. The first-order valence-electron chi connectivity index (χ1n) is 11.0. The minimum Gasteiger partial charge on any atom is -0.340 e. The summed E-state index contributed by atoms with van der Waals surface area (Å²) in [6, 6.07) is 0.425. The zero-order chi connectivity index (χ0) is 18.9. The molecule has 3 amide bonds. The molecular formula is C21H33N3O3. The first kappa shape index (κ1) is 18.8. The summed E-state index contributed by atoms with van der Waals surface area (Å²) in [5.74, 6) is 0.422. The monoisotopic (exact) mass is 375 g/mol. The summed E-state index contributed by atoms with van der Waals surface area (Å²) in [6.07, 6.45) is 11.0. The van der Waals surface area contributed by atoms with E-state index in [1.54, 1.807) is 4.90 Å². The van der Waals surface area contributed by atoms with Crippen LogP contribution in [-0.2, 0) is 14.4 Å². The van der Waals surface area contributed by atoms with E-state index >= 15 is 0 Å². The molecule has 0 aromatic heterocycles. The second-order valence-electron chi connectivity index (χ2n) is 9.01. The van der Waals surface area contributed by atoms with E-state index in [1.165, 1.54) is 12.8 Å². The van der Waals surface area contributed by atoms with Crippen molar-refractivity contribution in [2.75, 3.05) is 32.7 Å². The molecule has 27 heavy (non-hydrogen) atoms. The zero-order valence-electron chi connectivity index (χ0n) is 16.5. The predicted molar refractivity (Wildman–Crippen MR) is 102 cm³/mol. The third kappa shape index (κ3) is 3.72. The highest BCUT2D eigenvalue weighted by atomic mass is 16.2. The van der Waals surface area contributed by atoms with Crippen molar-refractivity contribution in [3.63, 3.8) is 0 Å². The number of nitrogens with zero attached hydrogens (tertiary/aromatic N) is 3. The van der Waals surface area contributed by atoms with Gasteiger partial charge in [0.2, 0.25) is 17.7 Å². The van der Waals surface area contributed by atoms with Crippen LogP contribution in [0.5, 0.6) is 0 Å². The second-order valence-corrected chi connectivity index (χ2v) is 9.01. The summed E-state index contributed by atoms with van der Waals surface area (Å²) in [7, 11) is 0. The minimum atomic E-state index is -0.362. The number of amides is 3. The van der Waals surface area contributed by atoms with Gasteiger partial charge in [-0.05, 0) is 44.9 Å². The number of carbonyl (C=O) groups is 3. The smallest absolute Gasteiger partial charge is 0.242 e. The quantitative estimate of drug-likeness (QED) is 0.760. The molecule has 4 aliphatic rings. The molecule has 0 unspecified atom stereocenters. The Balaban J connectivity index is 1.38. The zero-order valence-corrected chi connectivity index (χ0v) is 16.5. The molecule has 0 N–H and O–H groups in total. The Bertz CT molecular complexity index is 601. The van der Waals surface area contributed by atoms with Gasteiger partial charge in [0.1, 0.15) is 0 Å². The lowest BCUT2D eigenvalue weighted by atomic mass is 9.77. The molecule has 6 heteroatoms. The highest BCUT2D eigenvalue weighted by Gasteiger charge is 2.50. The number of hydrogen-bond acceptors (Lipinski definition) is 3. The van der Waals surface area contributed by atoms with E-state index in [0.717, 1.165) is 57.9 Å². The average Bonchev–Trinajstić information content (AvgIpc) is 3.29. The molecule has 4 fully saturated rings. The molecule has 1 aliphatic carbocycles. The second kappa shape index (κ2) is 7.80. The van der Waals surface area contributed by atoms with Gasteiger partial charge in [-0.3, -0.25) is 14.4 Å². The predicted octanol–water partition coefficient (Wildman–Crippen LogP) is 2.17. The third-order valence-electron chi connectivity index (χ3n) is 7.24. The fourth-order valence-electron chi connectivity index (χ4n) is 5.60. The van der Waals surface area contributed by atoms with Gasteiger partial charge in [0, 0.05) is 38.6 Å². The Morgan fingerprint density at radius 1 is 0.926 bits per heavy atom. The maximum atomic E-state index is 13.3. The summed E-state index contributed by atoms with van der Waals surface area (Å²) in [6.45, 7) is 2.98. The maximum absolute atomic E-state index is 13.3. The van der Waals surface area contributed by atoms with E-state index in [0.29, 0.717) is 38.0 Å². The number of carbonyl (C=O) groups excluding carboxylic acids is 3. The molecule has 0 bridgehead atoms. The molecular weight excluding hydrogens is 342 g/mol. The van der Waals surface area contributed by atoms with Crippen LogP contribution < -0.4 is 0 Å². The van der Waals surface area contributed by atoms with Gasteiger partial charge in [-0.2, -0.15) is 0 Å². The first-order chi connectivity index (χ1) is 13.1. The van der Waals surface area contributed by atoms with Crippen LogP contribution in [0, 0.1) is 5.41 Å². The van der Waals surface area contributed by atoms with Gasteiger partial charge in [0.05, 0.1) is 12.0 Å². The number of rotatable bonds is 3. The van der Waals surface area contributed by atoms with Crippen molar-refractivity contribution in [2.45, 2.75) is 76.7 Å². The van der Waals surface area contributed by atoms with Crippen molar-refractivity contribution in [3.8, 4) is 0 Å². The average molecular weight is 376 g/mol. The molecule has 1 saturated carbocycles. The summed E-state index contributed by atoms with van der Waals surface area (Å²) in [4.78, 5) is 44.1. The van der Waals surface area contributed by atoms with Crippen molar-refractivity contribution < 1.29 is 14.4 Å². The molecule has 4 rings (SSSR count). The van der Waals surface area contributed by atoms with Crippen molar-refractivity contribution >= 4 is 17.7 Å². The van der Waals surface area contributed by atoms with Crippen LogP contribution in [0.1, 0.15) is 70.6 Å². The number of piperidine rings is 1. The SMILES string of the molecule is O=C1CCCCCN1CC(=O)N1CC[C@]2(CCCN(C3CCCC3)C2=O)C1. The Labute approximate surface area is 162 Å². The minimum absolute atomic E-state index is 0.0212. The Morgan fingerprint density at radius 3 is 2.56 bits per heavy atom. The largest absolute Gasteiger partial charge is 0.340 e. The number of likely N-dealkylation sites (tertiary alicyclic amines) is 3. The van der Waals surface area contributed by atoms with Crippen LogP contribution in [0.3, 0.4) is 0 Å². The van der Waals surface area contributed by atoms with Gasteiger partial charge in [0.25, 0.3) is 0 Å². The Morgan fingerprint density at radius 2 is 1.74 bits per heavy atom. The lowest BCUT2D eigenvalue weighted by molar-refractivity contribution is -0.149. The van der Waals surface area contributed by atoms with E-state index in [4.69, 9.17) is 0 Å². The molecule has 3 aliphatic heterocycles. The van der Waals surface area contributed by atoms with Gasteiger partial charge in [-0.1, -0.05) is 19.3 Å². The van der Waals surface area contributed by atoms with Gasteiger partial charge >= 0.3 is 0 Å². The normalized spacial score (nSPS) is 30.4. The van der Waals surface area contributed by atoms with Crippen LogP contribution in [0.25, 0.3) is 0 Å². The van der Waals surface area contributed by atoms with Crippen LogP contribution in [0.4, 0.5) is 0 Å². The van der Waals surface area contributed by atoms with E-state index in [1.807, 2.05) is 4.90 Å². The lowest BCUT2D eigenvalue weighted by Crippen LogP contribution is -2.53. The highest BCUT2D eigenvalue weighted by molar-refractivity contribution is 5.88. The van der Waals surface area contributed by atoms with Gasteiger partial charge < -0.3 is 14.7 Å². The van der Waals surface area contributed by atoms with Gasteiger partial charge in [-0.25, -0.2) is 0 Å². The van der Waals surface area contributed by atoms with E-state index in [9.17, 15) is 14.4 Å². The van der Waals surface area contributed by atoms with Gasteiger partial charge in [0.15, 0.2) is 0 Å². The first-order valence-corrected chi connectivity index (χ1v) is 11.0. The fourth-order valence-corrected chi connectivity index (χ4v) is 5.60. The maximum Gasteiger partial charge on any atom is 0.242 e. The highest BCUT2D eigenvalue weighted by Crippen LogP contribution is 2.42. The molecule has 0 radical (unpaired) electrons. The van der Waals surface area contributed by atoms with Crippen molar-refractivity contribution in [1.82, 2.24) is 14.7 Å². The molecule has 1 atom stereocenters. The topological polar surface area (TPSA) is 60.9 Å². The molecule has 3 heterocycles. The van der Waals surface area contributed by atoms with Crippen LogP contribution in [0.2, 0.25) is 0 Å². The van der Waals surface area contributed by atoms with E-state index in [-0.39, 0.29) is 23.8 Å². The van der Waals surface area contributed by atoms with Crippen molar-refractivity contribution in [3.05, 3.63) is 0 Å². The van der Waals surface area contributed by atoms with Crippen LogP contribution in [0.15, 0.2) is 0 Å². The Hall–Kier alpha value is -1.59. The standard InChI is InChI=1S/C21H33N3O3/c25-18-9-2-1-5-12-22(18)15-19(26)23-14-11-21(16-23)10-6-13-24(20(21)27)17-7-3-4-8-17/h17H,1-16H2/t21-/m1/s1. The molecule has 1 spiro atoms. The van der Waals surface area contributed by atoms with Crippen LogP contribution in [-0.4, -0.2) is 71.2 Å².